The zero-order chi connectivity index (χ0) is 13.2. The molecule has 3 atom stereocenters. The van der Waals surface area contributed by atoms with Crippen LogP contribution in [0.15, 0.2) is 0 Å². The van der Waals surface area contributed by atoms with Crippen molar-refractivity contribution >= 4 is 5.97 Å². The van der Waals surface area contributed by atoms with E-state index >= 15 is 0 Å². The minimum atomic E-state index is -0.0209. The standard InChI is InChI=1S/C16H27NO2/c1-11-6-8-13(9-7-11)19-16(18)15-10-12-4-2-3-5-14(12)17-15/h11-15,17H,2-10H2,1H3. The Morgan fingerprint density at radius 2 is 1.79 bits per heavy atom. The average Bonchev–Trinajstić information content (AvgIpc) is 2.85. The number of carbonyl (C=O) groups excluding carboxylic acids is 1. The summed E-state index contributed by atoms with van der Waals surface area (Å²) in [5, 5.41) is 3.52. The van der Waals surface area contributed by atoms with Crippen molar-refractivity contribution in [2.24, 2.45) is 11.8 Å². The molecule has 0 aromatic carbocycles. The van der Waals surface area contributed by atoms with Crippen LogP contribution in [0.4, 0.5) is 0 Å². The maximum Gasteiger partial charge on any atom is 0.323 e. The van der Waals surface area contributed by atoms with Gasteiger partial charge in [-0.2, -0.15) is 0 Å². The highest BCUT2D eigenvalue weighted by Crippen LogP contribution is 2.34. The Bertz CT molecular complexity index is 309. The molecule has 0 spiro atoms. The smallest absolute Gasteiger partial charge is 0.323 e. The monoisotopic (exact) mass is 265 g/mol. The fraction of sp³-hybridized carbons (Fsp3) is 0.938. The molecule has 0 bridgehead atoms. The number of rotatable bonds is 2. The van der Waals surface area contributed by atoms with Gasteiger partial charge in [-0.25, -0.2) is 0 Å². The van der Waals surface area contributed by atoms with Crippen LogP contribution in [0.25, 0.3) is 0 Å². The summed E-state index contributed by atoms with van der Waals surface area (Å²) in [6.07, 6.45) is 10.9. The van der Waals surface area contributed by atoms with Gasteiger partial charge in [-0.05, 0) is 56.8 Å². The van der Waals surface area contributed by atoms with Crippen LogP contribution in [-0.4, -0.2) is 24.2 Å². The van der Waals surface area contributed by atoms with Crippen LogP contribution in [0.5, 0.6) is 0 Å². The van der Waals surface area contributed by atoms with Crippen molar-refractivity contribution in [2.75, 3.05) is 0 Å². The first-order valence-corrected chi connectivity index (χ1v) is 8.19. The van der Waals surface area contributed by atoms with Gasteiger partial charge in [0.15, 0.2) is 0 Å². The first kappa shape index (κ1) is 13.4. The Morgan fingerprint density at radius 3 is 2.53 bits per heavy atom. The summed E-state index contributed by atoms with van der Waals surface area (Å²) in [6, 6.07) is 0.560. The third-order valence-corrected chi connectivity index (χ3v) is 5.39. The van der Waals surface area contributed by atoms with E-state index in [2.05, 4.69) is 12.2 Å². The zero-order valence-corrected chi connectivity index (χ0v) is 12.1. The molecule has 0 radical (unpaired) electrons. The highest BCUT2D eigenvalue weighted by atomic mass is 16.5. The van der Waals surface area contributed by atoms with Crippen LogP contribution in [0.2, 0.25) is 0 Å². The molecular formula is C16H27NO2. The quantitative estimate of drug-likeness (QED) is 0.780. The number of carbonyl (C=O) groups is 1. The molecule has 3 aliphatic rings. The van der Waals surface area contributed by atoms with E-state index in [4.69, 9.17) is 4.74 Å². The third-order valence-electron chi connectivity index (χ3n) is 5.39. The van der Waals surface area contributed by atoms with Gasteiger partial charge in [0, 0.05) is 6.04 Å². The number of hydrogen-bond acceptors (Lipinski definition) is 3. The van der Waals surface area contributed by atoms with Crippen molar-refractivity contribution in [1.29, 1.82) is 0 Å². The summed E-state index contributed by atoms with van der Waals surface area (Å²) in [5.74, 6) is 1.55. The van der Waals surface area contributed by atoms with Gasteiger partial charge in [-0.15, -0.1) is 0 Å². The lowest BCUT2D eigenvalue weighted by atomic mass is 9.85. The van der Waals surface area contributed by atoms with Crippen LogP contribution in [-0.2, 0) is 9.53 Å². The number of fused-ring (bicyclic) bond motifs is 1. The molecule has 3 rings (SSSR count). The molecule has 3 nitrogen and oxygen atoms in total. The number of ether oxygens (including phenoxy) is 1. The molecule has 2 saturated carbocycles. The van der Waals surface area contributed by atoms with Crippen LogP contribution < -0.4 is 5.32 Å². The highest BCUT2D eigenvalue weighted by Gasteiger charge is 2.39. The Labute approximate surface area is 116 Å². The highest BCUT2D eigenvalue weighted by molar-refractivity contribution is 5.76. The van der Waals surface area contributed by atoms with Crippen molar-refractivity contribution in [2.45, 2.75) is 82.9 Å². The molecule has 0 aromatic rings. The first-order valence-electron chi connectivity index (χ1n) is 8.19. The first-order chi connectivity index (χ1) is 9.22. The second-order valence-electron chi connectivity index (χ2n) is 6.92. The van der Waals surface area contributed by atoms with E-state index in [1.54, 1.807) is 0 Å². The van der Waals surface area contributed by atoms with E-state index in [9.17, 15) is 4.79 Å². The van der Waals surface area contributed by atoms with Crippen LogP contribution >= 0.6 is 0 Å². The minimum absolute atomic E-state index is 0.0209. The predicted octanol–water partition coefficient (Wildman–Crippen LogP) is 3.03. The third kappa shape index (κ3) is 3.13. The van der Waals surface area contributed by atoms with Crippen molar-refractivity contribution in [1.82, 2.24) is 5.32 Å². The summed E-state index contributed by atoms with van der Waals surface area (Å²) in [4.78, 5) is 12.3. The van der Waals surface area contributed by atoms with Crippen LogP contribution in [0, 0.1) is 11.8 Å². The van der Waals surface area contributed by atoms with Crippen molar-refractivity contribution in [3.63, 3.8) is 0 Å². The van der Waals surface area contributed by atoms with Gasteiger partial charge in [0.05, 0.1) is 0 Å². The van der Waals surface area contributed by atoms with Gasteiger partial charge in [-0.3, -0.25) is 4.79 Å². The molecule has 1 aliphatic heterocycles. The summed E-state index contributed by atoms with van der Waals surface area (Å²) in [7, 11) is 0. The maximum absolute atomic E-state index is 12.3. The Balaban J connectivity index is 1.48. The fourth-order valence-corrected chi connectivity index (χ4v) is 4.10. The molecular weight excluding hydrogens is 238 g/mol. The van der Waals surface area contributed by atoms with E-state index < -0.39 is 0 Å². The molecule has 19 heavy (non-hydrogen) atoms. The van der Waals surface area contributed by atoms with Crippen LogP contribution in [0.3, 0.4) is 0 Å². The van der Waals surface area contributed by atoms with E-state index in [1.165, 1.54) is 38.5 Å². The second-order valence-corrected chi connectivity index (χ2v) is 6.92. The Hall–Kier alpha value is -0.570. The Kier molecular flexibility index (Phi) is 4.11. The Morgan fingerprint density at radius 1 is 1.05 bits per heavy atom. The number of esters is 1. The molecule has 108 valence electrons. The molecule has 3 unspecified atom stereocenters. The van der Waals surface area contributed by atoms with E-state index in [1.807, 2.05) is 0 Å². The average molecular weight is 265 g/mol. The van der Waals surface area contributed by atoms with E-state index in [0.29, 0.717) is 6.04 Å². The maximum atomic E-state index is 12.3. The summed E-state index contributed by atoms with van der Waals surface area (Å²) in [5.41, 5.74) is 0. The topological polar surface area (TPSA) is 38.3 Å². The molecule has 1 saturated heterocycles. The van der Waals surface area contributed by atoms with Crippen molar-refractivity contribution in [3.8, 4) is 0 Å². The second kappa shape index (κ2) is 5.82. The minimum Gasteiger partial charge on any atom is -0.461 e. The molecule has 0 aromatic heterocycles. The largest absolute Gasteiger partial charge is 0.461 e. The summed E-state index contributed by atoms with van der Waals surface area (Å²) in [6.45, 7) is 2.29. The van der Waals surface area contributed by atoms with Gasteiger partial charge in [-0.1, -0.05) is 19.8 Å². The molecule has 1 heterocycles. The lowest BCUT2D eigenvalue weighted by Crippen LogP contribution is -2.39. The normalized spacial score (nSPS) is 42.7. The predicted molar refractivity (Wildman–Crippen MR) is 74.8 cm³/mol. The van der Waals surface area contributed by atoms with Gasteiger partial charge in [0.1, 0.15) is 12.1 Å². The van der Waals surface area contributed by atoms with E-state index in [-0.39, 0.29) is 18.1 Å². The molecule has 3 heteroatoms. The van der Waals surface area contributed by atoms with Crippen molar-refractivity contribution in [3.05, 3.63) is 0 Å². The zero-order valence-electron chi connectivity index (χ0n) is 12.1. The van der Waals surface area contributed by atoms with Gasteiger partial charge in [0.25, 0.3) is 0 Å². The summed E-state index contributed by atoms with van der Waals surface area (Å²) < 4.78 is 5.73. The lowest BCUT2D eigenvalue weighted by molar-refractivity contribution is -0.153. The molecule has 0 amide bonds. The SMILES string of the molecule is CC1CCC(OC(=O)C2CC3CCCCC3N2)CC1. The van der Waals surface area contributed by atoms with Crippen LogP contribution in [0.1, 0.15) is 64.7 Å². The summed E-state index contributed by atoms with van der Waals surface area (Å²) >= 11 is 0. The number of hydrogen-bond donors (Lipinski definition) is 1. The van der Waals surface area contributed by atoms with Gasteiger partial charge in [0.2, 0.25) is 0 Å². The molecule has 1 N–H and O–H groups in total. The molecule has 2 aliphatic carbocycles. The number of nitrogens with one attached hydrogen (secondary N) is 1. The fourth-order valence-electron chi connectivity index (χ4n) is 4.10. The van der Waals surface area contributed by atoms with E-state index in [0.717, 1.165) is 31.1 Å². The van der Waals surface area contributed by atoms with Gasteiger partial charge >= 0.3 is 5.97 Å². The van der Waals surface area contributed by atoms with Crippen molar-refractivity contribution < 1.29 is 9.53 Å². The molecule has 3 fully saturated rings. The lowest BCUT2D eigenvalue weighted by Gasteiger charge is -2.27. The van der Waals surface area contributed by atoms with Gasteiger partial charge < -0.3 is 10.1 Å².